The molecule has 0 bridgehead atoms. The molecule has 1 aromatic rings. The van der Waals surface area contributed by atoms with Gasteiger partial charge in [0.25, 0.3) is 5.56 Å². The molecule has 0 aromatic carbocycles. The first kappa shape index (κ1) is 6.69. The van der Waals surface area contributed by atoms with Gasteiger partial charge in [-0.3, -0.25) is 14.2 Å². The maximum Gasteiger partial charge on any atom is 0.267 e. The molecule has 1 aromatic heterocycles. The van der Waals surface area contributed by atoms with Gasteiger partial charge in [-0.2, -0.15) is 0 Å². The van der Waals surface area contributed by atoms with Crippen LogP contribution >= 0.6 is 0 Å². The molecule has 0 fully saturated rings. The molecule has 10 heavy (non-hydrogen) atoms. The summed E-state index contributed by atoms with van der Waals surface area (Å²) in [5, 5.41) is 0. The molecule has 0 aliphatic heterocycles. The third-order valence-corrected chi connectivity index (χ3v) is 1.53. The van der Waals surface area contributed by atoms with Gasteiger partial charge < -0.3 is 0 Å². The molecular formula is C7H8N2O. The number of nitrogens with zero attached hydrogens (tertiary/aromatic N) is 2. The van der Waals surface area contributed by atoms with Gasteiger partial charge in [-0.15, -0.1) is 6.42 Å². The third-order valence-electron chi connectivity index (χ3n) is 1.53. The van der Waals surface area contributed by atoms with Crippen molar-refractivity contribution in [1.29, 1.82) is 0 Å². The van der Waals surface area contributed by atoms with Crippen LogP contribution in [0.2, 0.25) is 0 Å². The van der Waals surface area contributed by atoms with Crippen molar-refractivity contribution in [3.8, 4) is 12.3 Å². The lowest BCUT2D eigenvalue weighted by atomic mass is 10.4. The Balaban J connectivity index is 3.50. The molecule has 0 saturated carbocycles. The van der Waals surface area contributed by atoms with E-state index in [-0.39, 0.29) is 5.56 Å². The third kappa shape index (κ3) is 0.742. The molecule has 0 aliphatic rings. The zero-order chi connectivity index (χ0) is 7.72. The highest BCUT2D eigenvalue weighted by Gasteiger charge is 1.99. The minimum Gasteiger partial charge on any atom is -0.277 e. The summed E-state index contributed by atoms with van der Waals surface area (Å²) < 4.78 is 3.08. The van der Waals surface area contributed by atoms with E-state index in [1.807, 2.05) is 0 Å². The Morgan fingerprint density at radius 3 is 2.30 bits per heavy atom. The topological polar surface area (TPSA) is 26.9 Å². The lowest BCUT2D eigenvalue weighted by Gasteiger charge is -1.98. The van der Waals surface area contributed by atoms with Crippen LogP contribution in [0.25, 0.3) is 0 Å². The second-order valence-corrected chi connectivity index (χ2v) is 2.06. The van der Waals surface area contributed by atoms with Gasteiger partial charge in [0.2, 0.25) is 0 Å². The summed E-state index contributed by atoms with van der Waals surface area (Å²) in [5.74, 6) is 2.40. The summed E-state index contributed by atoms with van der Waals surface area (Å²) >= 11 is 0. The van der Waals surface area contributed by atoms with Crippen LogP contribution in [0.1, 0.15) is 5.69 Å². The maximum atomic E-state index is 10.9. The summed E-state index contributed by atoms with van der Waals surface area (Å²) in [6, 6.07) is 1.43. The van der Waals surface area contributed by atoms with Crippen LogP contribution in [-0.2, 0) is 14.1 Å². The lowest BCUT2D eigenvalue weighted by Crippen LogP contribution is -2.16. The van der Waals surface area contributed by atoms with Crippen LogP contribution in [0.3, 0.4) is 0 Å². The van der Waals surface area contributed by atoms with E-state index in [4.69, 9.17) is 6.42 Å². The quantitative estimate of drug-likeness (QED) is 0.450. The van der Waals surface area contributed by atoms with Crippen LogP contribution in [0.15, 0.2) is 10.9 Å². The van der Waals surface area contributed by atoms with Crippen LogP contribution in [0, 0.1) is 12.3 Å². The van der Waals surface area contributed by atoms with E-state index in [1.165, 1.54) is 10.7 Å². The summed E-state index contributed by atoms with van der Waals surface area (Å²) in [7, 11) is 3.42. The van der Waals surface area contributed by atoms with Gasteiger partial charge >= 0.3 is 0 Å². The van der Waals surface area contributed by atoms with Crippen molar-refractivity contribution in [2.24, 2.45) is 14.1 Å². The minimum atomic E-state index is -0.0737. The first-order valence-corrected chi connectivity index (χ1v) is 2.86. The monoisotopic (exact) mass is 136 g/mol. The van der Waals surface area contributed by atoms with Crippen molar-refractivity contribution >= 4 is 0 Å². The zero-order valence-electron chi connectivity index (χ0n) is 5.96. The van der Waals surface area contributed by atoms with Crippen molar-refractivity contribution in [2.45, 2.75) is 0 Å². The second kappa shape index (κ2) is 2.07. The van der Waals surface area contributed by atoms with Crippen LogP contribution < -0.4 is 5.56 Å². The first-order chi connectivity index (χ1) is 4.66. The molecule has 0 atom stereocenters. The van der Waals surface area contributed by atoms with E-state index < -0.39 is 0 Å². The van der Waals surface area contributed by atoms with Gasteiger partial charge in [-0.25, -0.2) is 0 Å². The molecule has 0 N–H and O–H groups in total. The molecular weight excluding hydrogens is 128 g/mol. The molecule has 0 saturated heterocycles. The van der Waals surface area contributed by atoms with Crippen LogP contribution in [-0.4, -0.2) is 9.36 Å². The summed E-state index contributed by atoms with van der Waals surface area (Å²) in [4.78, 5) is 10.9. The standard InChI is InChI=1S/C7H8N2O/c1-4-6-5-7(10)9(3)8(6)2/h1,5H,2-3H3. The normalized spacial score (nSPS) is 9.30. The van der Waals surface area contributed by atoms with Crippen molar-refractivity contribution < 1.29 is 0 Å². The molecule has 0 amide bonds. The highest BCUT2D eigenvalue weighted by atomic mass is 16.1. The van der Waals surface area contributed by atoms with Crippen molar-refractivity contribution in [2.75, 3.05) is 0 Å². The van der Waals surface area contributed by atoms with Crippen LogP contribution in [0.4, 0.5) is 0 Å². The Hall–Kier alpha value is -1.43. The minimum absolute atomic E-state index is 0.0737. The number of rotatable bonds is 0. The molecule has 0 spiro atoms. The summed E-state index contributed by atoms with van der Waals surface area (Å²) in [6.45, 7) is 0. The van der Waals surface area contributed by atoms with Gasteiger partial charge in [0, 0.05) is 20.2 Å². The highest BCUT2D eigenvalue weighted by molar-refractivity contribution is 5.23. The highest BCUT2D eigenvalue weighted by Crippen LogP contribution is 1.88. The molecule has 0 unspecified atom stereocenters. The van der Waals surface area contributed by atoms with Gasteiger partial charge in [-0.1, -0.05) is 5.92 Å². The predicted octanol–water partition coefficient (Wildman–Crippen LogP) is -0.295. The molecule has 0 aliphatic carbocycles. The predicted molar refractivity (Wildman–Crippen MR) is 38.6 cm³/mol. The van der Waals surface area contributed by atoms with E-state index in [2.05, 4.69) is 5.92 Å². The largest absolute Gasteiger partial charge is 0.277 e. The number of hydrogen-bond acceptors (Lipinski definition) is 1. The molecule has 3 heteroatoms. The molecule has 0 radical (unpaired) electrons. The van der Waals surface area contributed by atoms with E-state index in [1.54, 1.807) is 18.8 Å². The van der Waals surface area contributed by atoms with Gasteiger partial charge in [0.05, 0.1) is 0 Å². The van der Waals surface area contributed by atoms with Gasteiger partial charge in [0.15, 0.2) is 0 Å². The van der Waals surface area contributed by atoms with Gasteiger partial charge in [-0.05, 0) is 0 Å². The van der Waals surface area contributed by atoms with Gasteiger partial charge in [0.1, 0.15) is 5.69 Å². The molecule has 52 valence electrons. The fourth-order valence-corrected chi connectivity index (χ4v) is 0.748. The number of terminal acetylenes is 1. The van der Waals surface area contributed by atoms with E-state index in [9.17, 15) is 4.79 Å². The Kier molecular flexibility index (Phi) is 1.38. The lowest BCUT2D eigenvalue weighted by molar-refractivity contribution is 0.574. The van der Waals surface area contributed by atoms with Crippen molar-refractivity contribution in [3.63, 3.8) is 0 Å². The smallest absolute Gasteiger partial charge is 0.267 e. The summed E-state index contributed by atoms with van der Waals surface area (Å²) in [6.07, 6.45) is 5.11. The molecule has 3 nitrogen and oxygen atoms in total. The maximum absolute atomic E-state index is 10.9. The average Bonchev–Trinajstić information content (AvgIpc) is 2.17. The Morgan fingerprint density at radius 2 is 2.10 bits per heavy atom. The average molecular weight is 136 g/mol. The van der Waals surface area contributed by atoms with E-state index in [0.29, 0.717) is 5.69 Å². The molecule has 1 rings (SSSR count). The Labute approximate surface area is 58.9 Å². The molecule has 1 heterocycles. The fraction of sp³-hybridized carbons (Fsp3) is 0.286. The Morgan fingerprint density at radius 1 is 1.50 bits per heavy atom. The van der Waals surface area contributed by atoms with E-state index in [0.717, 1.165) is 0 Å². The summed E-state index contributed by atoms with van der Waals surface area (Å²) in [5.41, 5.74) is 0.531. The Bertz CT molecular complexity index is 337. The first-order valence-electron chi connectivity index (χ1n) is 2.86. The second-order valence-electron chi connectivity index (χ2n) is 2.06. The van der Waals surface area contributed by atoms with E-state index >= 15 is 0 Å². The number of hydrogen-bond donors (Lipinski definition) is 0. The van der Waals surface area contributed by atoms with Crippen molar-refractivity contribution in [3.05, 3.63) is 22.1 Å². The fourth-order valence-electron chi connectivity index (χ4n) is 0.748. The SMILES string of the molecule is C#Cc1cc(=O)n(C)n1C. The van der Waals surface area contributed by atoms with Crippen molar-refractivity contribution in [1.82, 2.24) is 9.36 Å². The van der Waals surface area contributed by atoms with Crippen LogP contribution in [0.5, 0.6) is 0 Å². The number of aromatic nitrogens is 2. The zero-order valence-corrected chi connectivity index (χ0v) is 5.96.